The fraction of sp³-hybridized carbons (Fsp3) is 0.391. The number of nitrogens with two attached hydrogens (primary N) is 2. The van der Waals surface area contributed by atoms with Crippen LogP contribution in [0.4, 0.5) is 10.5 Å². The maximum absolute atomic E-state index is 12.1. The first-order chi connectivity index (χ1) is 16.2. The van der Waals surface area contributed by atoms with Crippen LogP contribution in [0.3, 0.4) is 0 Å². The van der Waals surface area contributed by atoms with Gasteiger partial charge >= 0.3 is 6.16 Å². The monoisotopic (exact) mass is 471 g/mol. The number of aromatic nitrogens is 1. The van der Waals surface area contributed by atoms with E-state index in [1.807, 2.05) is 13.0 Å². The van der Waals surface area contributed by atoms with Gasteiger partial charge < -0.3 is 25.0 Å². The van der Waals surface area contributed by atoms with Gasteiger partial charge in [0.1, 0.15) is 18.1 Å². The minimum atomic E-state index is -1.01. The van der Waals surface area contributed by atoms with Crippen LogP contribution in [0.1, 0.15) is 43.5 Å². The number of pyridine rings is 1. The van der Waals surface area contributed by atoms with Crippen molar-refractivity contribution in [2.45, 2.75) is 45.1 Å². The highest BCUT2D eigenvalue weighted by atomic mass is 16.7. The van der Waals surface area contributed by atoms with Crippen molar-refractivity contribution in [1.29, 1.82) is 0 Å². The molecule has 0 unspecified atom stereocenters. The minimum Gasteiger partial charge on any atom is -0.489 e. The quantitative estimate of drug-likeness (QED) is 0.191. The number of hydrogen-bond donors (Lipinski definition) is 2. The minimum absolute atomic E-state index is 0.0982. The predicted molar refractivity (Wildman–Crippen MR) is 125 cm³/mol. The Labute approximate surface area is 197 Å². The van der Waals surface area contributed by atoms with Crippen LogP contribution in [0.2, 0.25) is 0 Å². The molecular formula is C23H29N5O6. The lowest BCUT2D eigenvalue weighted by Crippen LogP contribution is -2.31. The van der Waals surface area contributed by atoms with E-state index in [9.17, 15) is 14.9 Å². The second-order valence-corrected chi connectivity index (χ2v) is 8.02. The van der Waals surface area contributed by atoms with Gasteiger partial charge in [0.05, 0.1) is 33.8 Å². The topological polar surface area (TPSA) is 156 Å². The summed E-state index contributed by atoms with van der Waals surface area (Å²) in [5.74, 6) is 6.71. The number of aryl methyl sites for hydroxylation is 1. The third kappa shape index (κ3) is 6.58. The number of nitro groups is 1. The lowest BCUT2D eigenvalue weighted by Gasteiger charge is -2.24. The van der Waals surface area contributed by atoms with E-state index in [2.05, 4.69) is 4.98 Å². The number of benzene rings is 1. The molecule has 0 aliphatic heterocycles. The lowest BCUT2D eigenvalue weighted by molar-refractivity contribution is -0.384. The highest BCUT2D eigenvalue weighted by molar-refractivity contribution is 5.66. The predicted octanol–water partition coefficient (Wildman–Crippen LogP) is 3.66. The number of likely N-dealkylation sites (N-methyl/N-ethyl adjacent to an activating group) is 1. The van der Waals surface area contributed by atoms with Crippen molar-refractivity contribution in [3.63, 3.8) is 0 Å². The van der Waals surface area contributed by atoms with Crippen LogP contribution in [0, 0.1) is 17.0 Å². The number of carbonyl (C=O) groups excluding carboxylic acids is 1. The van der Waals surface area contributed by atoms with Crippen LogP contribution in [-0.2, 0) is 4.74 Å². The van der Waals surface area contributed by atoms with E-state index in [-0.39, 0.29) is 29.8 Å². The van der Waals surface area contributed by atoms with Gasteiger partial charge in [0.2, 0.25) is 0 Å². The summed E-state index contributed by atoms with van der Waals surface area (Å²) in [4.78, 5) is 26.8. The SMILES string of the molecule is Cc1nc(/C(N)=C(\COC(=O)Oc2ccc([N+](=O)[O-])cc2)N(C)N)ccc1OC1CCCCC1. The Morgan fingerprint density at radius 3 is 2.44 bits per heavy atom. The molecule has 34 heavy (non-hydrogen) atoms. The zero-order chi connectivity index (χ0) is 24.7. The van der Waals surface area contributed by atoms with Gasteiger partial charge in [-0.2, -0.15) is 0 Å². The molecule has 3 rings (SSSR count). The van der Waals surface area contributed by atoms with E-state index in [1.54, 1.807) is 13.1 Å². The van der Waals surface area contributed by atoms with E-state index in [4.69, 9.17) is 25.8 Å². The molecule has 0 spiro atoms. The fourth-order valence-electron chi connectivity index (χ4n) is 3.59. The van der Waals surface area contributed by atoms with Crippen LogP contribution in [-0.4, -0.2) is 40.8 Å². The smallest absolute Gasteiger partial charge is 0.489 e. The van der Waals surface area contributed by atoms with Gasteiger partial charge in [-0.05, 0) is 56.9 Å². The molecule has 182 valence electrons. The van der Waals surface area contributed by atoms with Crippen LogP contribution >= 0.6 is 0 Å². The maximum Gasteiger partial charge on any atom is 0.514 e. The molecule has 1 fully saturated rings. The number of carbonyl (C=O) groups is 1. The molecule has 2 aromatic rings. The van der Waals surface area contributed by atoms with Gasteiger partial charge in [-0.3, -0.25) is 10.1 Å². The van der Waals surface area contributed by atoms with Crippen LogP contribution in [0.5, 0.6) is 11.5 Å². The van der Waals surface area contributed by atoms with Crippen molar-refractivity contribution in [2.24, 2.45) is 11.6 Å². The third-order valence-electron chi connectivity index (χ3n) is 5.47. The van der Waals surface area contributed by atoms with Gasteiger partial charge in [-0.15, -0.1) is 0 Å². The van der Waals surface area contributed by atoms with E-state index in [0.717, 1.165) is 12.8 Å². The summed E-state index contributed by atoms with van der Waals surface area (Å²) in [6.07, 6.45) is 4.86. The molecule has 0 saturated heterocycles. The Hall–Kier alpha value is -3.86. The second-order valence-electron chi connectivity index (χ2n) is 8.02. The summed E-state index contributed by atoms with van der Waals surface area (Å²) in [7, 11) is 1.56. The fourth-order valence-corrected chi connectivity index (χ4v) is 3.59. The molecule has 11 heteroatoms. The second kappa shape index (κ2) is 11.3. The van der Waals surface area contributed by atoms with Gasteiger partial charge in [-0.1, -0.05) is 6.42 Å². The summed E-state index contributed by atoms with van der Waals surface area (Å²) in [5, 5.41) is 11.9. The first-order valence-corrected chi connectivity index (χ1v) is 11.0. The number of nitro benzene ring substituents is 1. The van der Waals surface area contributed by atoms with E-state index >= 15 is 0 Å². The molecule has 1 heterocycles. The number of hydrazine groups is 1. The molecule has 1 saturated carbocycles. The Morgan fingerprint density at radius 2 is 1.85 bits per heavy atom. The van der Waals surface area contributed by atoms with Gasteiger partial charge in [0.25, 0.3) is 5.69 Å². The zero-order valence-corrected chi connectivity index (χ0v) is 19.2. The average Bonchev–Trinajstić information content (AvgIpc) is 2.81. The molecule has 1 aliphatic rings. The highest BCUT2D eigenvalue weighted by Crippen LogP contribution is 2.26. The van der Waals surface area contributed by atoms with Crippen LogP contribution in [0.15, 0.2) is 42.1 Å². The third-order valence-corrected chi connectivity index (χ3v) is 5.47. The van der Waals surface area contributed by atoms with Gasteiger partial charge in [0, 0.05) is 19.2 Å². The summed E-state index contributed by atoms with van der Waals surface area (Å²) in [6.45, 7) is 1.57. The molecular weight excluding hydrogens is 442 g/mol. The molecule has 0 bridgehead atoms. The Kier molecular flexibility index (Phi) is 8.25. The standard InChI is InChI=1S/C23H29N5O6/c1-15-21(33-17-6-4-3-5-7-17)13-12-19(26-15)22(24)20(27(2)25)14-32-23(29)34-18-10-8-16(9-11-18)28(30)31/h8-13,17H,3-7,14,24-25H2,1-2H3/b22-20-. The van der Waals surface area contributed by atoms with E-state index in [1.165, 1.54) is 48.5 Å². The zero-order valence-electron chi connectivity index (χ0n) is 19.2. The van der Waals surface area contributed by atoms with Crippen molar-refractivity contribution >= 4 is 17.5 Å². The molecule has 0 radical (unpaired) electrons. The molecule has 0 amide bonds. The Morgan fingerprint density at radius 1 is 1.18 bits per heavy atom. The van der Waals surface area contributed by atoms with Crippen molar-refractivity contribution in [1.82, 2.24) is 9.99 Å². The number of nitrogens with zero attached hydrogens (tertiary/aromatic N) is 3. The normalized spacial score (nSPS) is 14.7. The number of ether oxygens (including phenoxy) is 3. The largest absolute Gasteiger partial charge is 0.514 e. The first kappa shape index (κ1) is 24.8. The summed E-state index contributed by atoms with van der Waals surface area (Å²) < 4.78 is 16.3. The van der Waals surface area contributed by atoms with Crippen molar-refractivity contribution in [3.05, 3.63) is 63.6 Å². The van der Waals surface area contributed by atoms with Gasteiger partial charge in [-0.25, -0.2) is 15.6 Å². The first-order valence-electron chi connectivity index (χ1n) is 11.0. The summed E-state index contributed by atoms with van der Waals surface area (Å²) in [6, 6.07) is 8.59. The highest BCUT2D eigenvalue weighted by Gasteiger charge is 2.18. The van der Waals surface area contributed by atoms with Crippen molar-refractivity contribution in [2.75, 3.05) is 13.7 Å². The Bertz CT molecular complexity index is 1050. The van der Waals surface area contributed by atoms with E-state index in [0.29, 0.717) is 22.8 Å². The molecule has 1 aromatic heterocycles. The number of hydrogen-bond acceptors (Lipinski definition) is 10. The number of non-ortho nitro benzene ring substituents is 1. The molecule has 11 nitrogen and oxygen atoms in total. The number of rotatable bonds is 8. The Balaban J connectivity index is 1.65. The molecule has 1 aromatic carbocycles. The van der Waals surface area contributed by atoms with Crippen molar-refractivity contribution in [3.8, 4) is 11.5 Å². The van der Waals surface area contributed by atoms with E-state index < -0.39 is 11.1 Å². The molecule has 0 atom stereocenters. The molecule has 1 aliphatic carbocycles. The summed E-state index contributed by atoms with van der Waals surface area (Å²) >= 11 is 0. The van der Waals surface area contributed by atoms with Crippen LogP contribution in [0.25, 0.3) is 5.70 Å². The molecule has 4 N–H and O–H groups in total. The van der Waals surface area contributed by atoms with Crippen LogP contribution < -0.4 is 21.1 Å². The summed E-state index contributed by atoms with van der Waals surface area (Å²) in [5.41, 5.74) is 7.88. The van der Waals surface area contributed by atoms with Gasteiger partial charge in [0.15, 0.2) is 0 Å². The maximum atomic E-state index is 12.1. The lowest BCUT2D eigenvalue weighted by atomic mass is 9.98. The average molecular weight is 472 g/mol. The van der Waals surface area contributed by atoms with Crippen molar-refractivity contribution < 1.29 is 23.9 Å².